The number of anilines is 1. The molecule has 1 saturated heterocycles. The molecule has 0 bridgehead atoms. The maximum absolute atomic E-state index is 9.71. The van der Waals surface area contributed by atoms with E-state index in [0.29, 0.717) is 5.56 Å². The van der Waals surface area contributed by atoms with Crippen molar-refractivity contribution in [3.05, 3.63) is 47.3 Å². The minimum atomic E-state index is -0.743. The number of pyridine rings is 2. The summed E-state index contributed by atoms with van der Waals surface area (Å²) in [6.45, 7) is 2.14. The van der Waals surface area contributed by atoms with Crippen molar-refractivity contribution in [3.63, 3.8) is 0 Å². The van der Waals surface area contributed by atoms with Gasteiger partial charge in [-0.2, -0.15) is 0 Å². The van der Waals surface area contributed by atoms with Crippen LogP contribution in [0.5, 0.6) is 0 Å². The molecule has 4 heterocycles. The summed E-state index contributed by atoms with van der Waals surface area (Å²) in [5, 5.41) is 19.3. The van der Waals surface area contributed by atoms with Crippen LogP contribution in [-0.2, 0) is 0 Å². The van der Waals surface area contributed by atoms with E-state index in [4.69, 9.17) is 10.4 Å². The number of thiazole rings is 1. The zero-order chi connectivity index (χ0) is 19.3. The number of hydrogen-bond donors (Lipinski definition) is 1. The number of nitrogens with zero attached hydrogens (tertiary/aromatic N) is 4. The molecule has 0 unspecified atom stereocenters. The summed E-state index contributed by atoms with van der Waals surface area (Å²) in [6.07, 6.45) is 1.25. The molecule has 4 aromatic rings. The van der Waals surface area contributed by atoms with Gasteiger partial charge in [0.25, 0.3) is 0 Å². The zero-order valence-electron chi connectivity index (χ0n) is 15.6. The van der Waals surface area contributed by atoms with E-state index in [-0.39, 0.29) is 5.36 Å². The van der Waals surface area contributed by atoms with E-state index in [0.717, 1.165) is 45.0 Å². The Kier molecular flexibility index (Phi) is 4.48. The number of halogens is 1. The number of nitriles is 1. The van der Waals surface area contributed by atoms with Crippen molar-refractivity contribution in [3.8, 4) is 6.07 Å². The number of alkyl halides is 3. The van der Waals surface area contributed by atoms with Gasteiger partial charge in [0, 0.05) is 0 Å². The molecule has 1 aliphatic rings. The molecule has 1 fully saturated rings. The molecule has 5 nitrogen and oxygen atoms in total. The molecule has 1 aliphatic heterocycles. The molecule has 28 heavy (non-hydrogen) atoms. The van der Waals surface area contributed by atoms with E-state index in [1.54, 1.807) is 11.3 Å². The van der Waals surface area contributed by atoms with Gasteiger partial charge in [-0.3, -0.25) is 0 Å². The topological polar surface area (TPSA) is 68.2 Å². The first-order valence-electron chi connectivity index (χ1n) is 9.26. The van der Waals surface area contributed by atoms with Crippen molar-refractivity contribution in [2.24, 2.45) is 0 Å². The Hall–Kier alpha value is -2.18. The average Bonchev–Trinajstić information content (AvgIpc) is 2.96. The van der Waals surface area contributed by atoms with Gasteiger partial charge in [-0.05, 0) is 0 Å². The summed E-state index contributed by atoms with van der Waals surface area (Å²) < 4.78 is 5.94. The number of nitrogens with one attached hydrogen (secondary N) is 1. The monoisotopic (exact) mass is 501 g/mol. The van der Waals surface area contributed by atoms with Gasteiger partial charge in [0.1, 0.15) is 0 Å². The molecular formula is C21H20IN5S. The van der Waals surface area contributed by atoms with E-state index in [2.05, 4.69) is 32.4 Å². The van der Waals surface area contributed by atoms with Crippen molar-refractivity contribution in [1.82, 2.24) is 9.38 Å². The first-order chi connectivity index (χ1) is 13.7. The fourth-order valence-corrected chi connectivity index (χ4v) is 8.58. The Morgan fingerprint density at radius 1 is 1.18 bits per heavy atom. The van der Waals surface area contributed by atoms with Crippen LogP contribution in [0.4, 0.5) is 5.82 Å². The van der Waals surface area contributed by atoms with E-state index in [9.17, 15) is 5.26 Å². The SMILES string of the molecule is CI1CCCN(c2ccc3c(=N)c(C#N)c4sc5ccccc5n4c3n2)CC1. The second-order valence-electron chi connectivity index (χ2n) is 7.05. The van der Waals surface area contributed by atoms with Crippen molar-refractivity contribution < 1.29 is 0 Å². The van der Waals surface area contributed by atoms with Gasteiger partial charge in [-0.15, -0.1) is 0 Å². The summed E-state index contributed by atoms with van der Waals surface area (Å²) in [5.74, 6) is 0.992. The first-order valence-corrected chi connectivity index (χ1v) is 15.3. The van der Waals surface area contributed by atoms with Crippen LogP contribution >= 0.6 is 31.2 Å². The standard InChI is InChI=1S/C21H20IN5S/c1-22-9-4-11-26(12-10-22)18-8-7-14-19(24)15(13-23)21-27(20(14)25-18)16-5-2-3-6-17(16)28-21/h2-3,5-8,24H,4,9-12H2,1H3. The summed E-state index contributed by atoms with van der Waals surface area (Å²) in [7, 11) is 0. The number of aromatic nitrogens is 2. The predicted octanol–water partition coefficient (Wildman–Crippen LogP) is 4.40. The van der Waals surface area contributed by atoms with Crippen LogP contribution in [0.2, 0.25) is 0 Å². The van der Waals surface area contributed by atoms with Gasteiger partial charge in [0.05, 0.1) is 0 Å². The molecule has 0 atom stereocenters. The molecule has 7 heteroatoms. The Labute approximate surface area is 174 Å². The van der Waals surface area contributed by atoms with Gasteiger partial charge in [-0.1, -0.05) is 0 Å². The van der Waals surface area contributed by atoms with Gasteiger partial charge in [-0.25, -0.2) is 0 Å². The van der Waals surface area contributed by atoms with Gasteiger partial charge < -0.3 is 0 Å². The first kappa shape index (κ1) is 17.9. The quantitative estimate of drug-likeness (QED) is 0.311. The molecule has 1 aromatic carbocycles. The van der Waals surface area contributed by atoms with Crippen molar-refractivity contribution in [2.75, 3.05) is 31.8 Å². The van der Waals surface area contributed by atoms with Crippen LogP contribution in [-0.4, -0.2) is 36.3 Å². The van der Waals surface area contributed by atoms with Crippen molar-refractivity contribution >= 4 is 63.1 Å². The fraction of sp³-hybridized carbons (Fsp3) is 0.286. The third kappa shape index (κ3) is 2.78. The van der Waals surface area contributed by atoms with Gasteiger partial charge in [0.2, 0.25) is 0 Å². The molecule has 142 valence electrons. The Morgan fingerprint density at radius 2 is 2.04 bits per heavy atom. The normalized spacial score (nSPS) is 16.6. The van der Waals surface area contributed by atoms with Crippen LogP contribution in [0.25, 0.3) is 26.1 Å². The second-order valence-corrected chi connectivity index (χ2v) is 14.4. The number of benzene rings is 1. The van der Waals surface area contributed by atoms with E-state index in [1.807, 2.05) is 24.3 Å². The predicted molar refractivity (Wildman–Crippen MR) is 125 cm³/mol. The Bertz CT molecular complexity index is 1320. The summed E-state index contributed by atoms with van der Waals surface area (Å²) in [6, 6.07) is 14.4. The second kappa shape index (κ2) is 7.01. The molecule has 0 amide bonds. The molecule has 0 spiro atoms. The number of fused-ring (bicyclic) bond motifs is 5. The van der Waals surface area contributed by atoms with Crippen molar-refractivity contribution in [1.29, 1.82) is 10.7 Å². The molecular weight excluding hydrogens is 481 g/mol. The van der Waals surface area contributed by atoms with E-state index >= 15 is 0 Å². The number of hydrogen-bond acceptors (Lipinski definition) is 5. The molecule has 1 N–H and O–H groups in total. The summed E-state index contributed by atoms with van der Waals surface area (Å²) in [4.78, 5) is 10.7. The van der Waals surface area contributed by atoms with Gasteiger partial charge in [0.15, 0.2) is 0 Å². The molecule has 0 saturated carbocycles. The maximum atomic E-state index is 9.71. The number of para-hydroxylation sites is 1. The molecule has 5 rings (SSSR count). The van der Waals surface area contributed by atoms with Crippen LogP contribution in [0.3, 0.4) is 0 Å². The van der Waals surface area contributed by atoms with Gasteiger partial charge >= 0.3 is 175 Å². The molecule has 3 aromatic heterocycles. The minimum absolute atomic E-state index is 0.279. The average molecular weight is 501 g/mol. The third-order valence-corrected chi connectivity index (χ3v) is 11.4. The van der Waals surface area contributed by atoms with Crippen LogP contribution in [0.1, 0.15) is 12.0 Å². The third-order valence-electron chi connectivity index (χ3n) is 5.32. The van der Waals surface area contributed by atoms with Crippen LogP contribution in [0, 0.1) is 16.7 Å². The zero-order valence-corrected chi connectivity index (χ0v) is 18.5. The van der Waals surface area contributed by atoms with Crippen LogP contribution in [0.15, 0.2) is 36.4 Å². The Morgan fingerprint density at radius 3 is 2.89 bits per heavy atom. The van der Waals surface area contributed by atoms with E-state index < -0.39 is 19.8 Å². The summed E-state index contributed by atoms with van der Waals surface area (Å²) in [5.41, 5.74) is 2.26. The van der Waals surface area contributed by atoms with Crippen LogP contribution < -0.4 is 10.3 Å². The molecule has 0 radical (unpaired) electrons. The summed E-state index contributed by atoms with van der Waals surface area (Å²) >= 11 is 0.817. The number of rotatable bonds is 1. The van der Waals surface area contributed by atoms with E-state index in [1.165, 1.54) is 15.3 Å². The Balaban J connectivity index is 1.82. The molecule has 0 aliphatic carbocycles. The van der Waals surface area contributed by atoms with Crippen molar-refractivity contribution in [2.45, 2.75) is 6.42 Å². The fourth-order valence-electron chi connectivity index (χ4n) is 3.85.